The fraction of sp³-hybridized carbons (Fsp3) is 1.00. The molecule has 3 N–H and O–H groups in total. The van der Waals surface area contributed by atoms with Crippen LogP contribution in [0.3, 0.4) is 0 Å². The van der Waals surface area contributed by atoms with E-state index in [2.05, 4.69) is 0 Å². The van der Waals surface area contributed by atoms with Gasteiger partial charge in [0.25, 0.3) is 0 Å². The molecule has 1 aliphatic heterocycles. The summed E-state index contributed by atoms with van der Waals surface area (Å²) in [7, 11) is 0. The molecule has 0 bridgehead atoms. The van der Waals surface area contributed by atoms with E-state index in [1.165, 1.54) is 11.8 Å². The predicted octanol–water partition coefficient (Wildman–Crippen LogP) is -1.18. The third-order valence-electron chi connectivity index (χ3n) is 1.37. The Hall–Kier alpha value is 0.230. The van der Waals surface area contributed by atoms with Gasteiger partial charge < -0.3 is 15.3 Å². The van der Waals surface area contributed by atoms with E-state index in [9.17, 15) is 0 Å². The molecule has 0 aromatic heterocycles. The van der Waals surface area contributed by atoms with Crippen LogP contribution in [0.5, 0.6) is 0 Å². The van der Waals surface area contributed by atoms with Crippen molar-refractivity contribution >= 4 is 11.8 Å². The highest BCUT2D eigenvalue weighted by molar-refractivity contribution is 7.99. The number of hydrogen-bond donors (Lipinski definition) is 3. The molecule has 1 heterocycles. The van der Waals surface area contributed by atoms with Gasteiger partial charge in [-0.25, -0.2) is 0 Å². The number of aliphatic hydroxyl groups excluding tert-OH is 3. The number of aliphatic hydroxyl groups is 3. The first-order valence-electron chi connectivity index (χ1n) is 2.84. The molecule has 0 radical (unpaired) electrons. The van der Waals surface area contributed by atoms with Crippen molar-refractivity contribution in [3.05, 3.63) is 0 Å². The first-order chi connectivity index (χ1) is 4.22. The average molecular weight is 150 g/mol. The highest BCUT2D eigenvalue weighted by Crippen LogP contribution is 2.17. The molecule has 54 valence electrons. The molecule has 9 heavy (non-hydrogen) atoms. The lowest BCUT2D eigenvalue weighted by atomic mass is 10.1. The predicted molar refractivity (Wildman–Crippen MR) is 35.3 cm³/mol. The van der Waals surface area contributed by atoms with Crippen molar-refractivity contribution in [2.45, 2.75) is 18.3 Å². The molecule has 1 fully saturated rings. The van der Waals surface area contributed by atoms with Crippen LogP contribution >= 0.6 is 11.8 Å². The molecule has 1 rings (SSSR count). The van der Waals surface area contributed by atoms with Gasteiger partial charge >= 0.3 is 0 Å². The van der Waals surface area contributed by atoms with Gasteiger partial charge in [0.2, 0.25) is 0 Å². The van der Waals surface area contributed by atoms with Gasteiger partial charge in [0.05, 0.1) is 12.2 Å². The van der Waals surface area contributed by atoms with Gasteiger partial charge in [-0.2, -0.15) is 11.8 Å². The van der Waals surface area contributed by atoms with Crippen LogP contribution < -0.4 is 0 Å². The quantitative estimate of drug-likeness (QED) is 0.406. The van der Waals surface area contributed by atoms with Crippen molar-refractivity contribution in [2.75, 3.05) is 11.5 Å². The van der Waals surface area contributed by atoms with Crippen LogP contribution in [-0.4, -0.2) is 45.1 Å². The van der Waals surface area contributed by atoms with Gasteiger partial charge in [-0.05, 0) is 0 Å². The van der Waals surface area contributed by atoms with Crippen LogP contribution in [0.1, 0.15) is 0 Å². The van der Waals surface area contributed by atoms with E-state index in [0.717, 1.165) is 0 Å². The molecule has 0 amide bonds. The third-order valence-corrected chi connectivity index (χ3v) is 2.52. The molecule has 1 aliphatic rings. The Kier molecular flexibility index (Phi) is 2.35. The molecule has 1 saturated heterocycles. The van der Waals surface area contributed by atoms with E-state index < -0.39 is 18.3 Å². The second-order valence-corrected chi connectivity index (χ2v) is 3.24. The van der Waals surface area contributed by atoms with Crippen molar-refractivity contribution in [2.24, 2.45) is 0 Å². The molecule has 0 aromatic rings. The topological polar surface area (TPSA) is 60.7 Å². The maximum Gasteiger partial charge on any atom is 0.107 e. The number of rotatable bonds is 0. The van der Waals surface area contributed by atoms with Gasteiger partial charge in [0, 0.05) is 11.5 Å². The fourth-order valence-electron chi connectivity index (χ4n) is 0.763. The maximum atomic E-state index is 8.93. The normalized spacial score (nSPS) is 45.0. The maximum absolute atomic E-state index is 8.93. The first kappa shape index (κ1) is 7.34. The Bertz CT molecular complexity index is 88.2. The average Bonchev–Trinajstić information content (AvgIpc) is 1.83. The minimum absolute atomic E-state index is 0.526. The summed E-state index contributed by atoms with van der Waals surface area (Å²) in [5.41, 5.74) is 0. The van der Waals surface area contributed by atoms with Crippen molar-refractivity contribution in [3.63, 3.8) is 0 Å². The third kappa shape index (κ3) is 1.58. The molecule has 4 heteroatoms. The largest absolute Gasteiger partial charge is 0.389 e. The van der Waals surface area contributed by atoms with Crippen molar-refractivity contribution in [3.8, 4) is 0 Å². The summed E-state index contributed by atoms with van der Waals surface area (Å²) in [6, 6.07) is 0. The van der Waals surface area contributed by atoms with Gasteiger partial charge in [-0.1, -0.05) is 0 Å². The molecule has 3 nitrogen and oxygen atoms in total. The second kappa shape index (κ2) is 2.88. The Balaban J connectivity index is 2.41. The SMILES string of the molecule is O[C@H]1[C@H](O)CSC[C@@H]1O. The van der Waals surface area contributed by atoms with E-state index in [-0.39, 0.29) is 0 Å². The van der Waals surface area contributed by atoms with E-state index in [4.69, 9.17) is 15.3 Å². The van der Waals surface area contributed by atoms with Gasteiger partial charge in [-0.3, -0.25) is 0 Å². The summed E-state index contributed by atoms with van der Waals surface area (Å²) in [6.07, 6.45) is -2.44. The Labute approximate surface area is 57.7 Å². The standard InChI is InChI=1S/C5H10O3S/c6-3-1-9-2-4(7)5(3)8/h3-8H,1-2H2/t3-,4+,5+. The highest BCUT2D eigenvalue weighted by atomic mass is 32.2. The number of thioether (sulfide) groups is 1. The molecule has 3 atom stereocenters. The van der Waals surface area contributed by atoms with Gasteiger partial charge in [0.15, 0.2) is 0 Å². The van der Waals surface area contributed by atoms with Crippen LogP contribution in [0.25, 0.3) is 0 Å². The Morgan fingerprint density at radius 2 is 1.44 bits per heavy atom. The molecular formula is C5H10O3S. The summed E-state index contributed by atoms with van der Waals surface area (Å²) >= 11 is 1.45. The zero-order chi connectivity index (χ0) is 6.85. The number of hydrogen-bond acceptors (Lipinski definition) is 4. The molecular weight excluding hydrogens is 140 g/mol. The monoisotopic (exact) mass is 150 g/mol. The Morgan fingerprint density at radius 1 is 1.00 bits per heavy atom. The van der Waals surface area contributed by atoms with E-state index in [0.29, 0.717) is 11.5 Å². The zero-order valence-corrected chi connectivity index (χ0v) is 5.71. The van der Waals surface area contributed by atoms with Crippen LogP contribution in [-0.2, 0) is 0 Å². The summed E-state index contributed by atoms with van der Waals surface area (Å²) in [6.45, 7) is 0. The summed E-state index contributed by atoms with van der Waals surface area (Å²) in [4.78, 5) is 0. The van der Waals surface area contributed by atoms with Crippen molar-refractivity contribution < 1.29 is 15.3 Å². The van der Waals surface area contributed by atoms with Crippen LogP contribution in [0.15, 0.2) is 0 Å². The lowest BCUT2D eigenvalue weighted by Gasteiger charge is -2.27. The first-order valence-corrected chi connectivity index (χ1v) is 3.99. The van der Waals surface area contributed by atoms with Gasteiger partial charge in [-0.15, -0.1) is 0 Å². The van der Waals surface area contributed by atoms with E-state index in [1.807, 2.05) is 0 Å². The summed E-state index contributed by atoms with van der Waals surface area (Å²) in [5, 5.41) is 26.8. The van der Waals surface area contributed by atoms with E-state index >= 15 is 0 Å². The molecule has 0 aliphatic carbocycles. The van der Waals surface area contributed by atoms with Crippen molar-refractivity contribution in [1.29, 1.82) is 0 Å². The lowest BCUT2D eigenvalue weighted by Crippen LogP contribution is -2.43. The van der Waals surface area contributed by atoms with Crippen LogP contribution in [0, 0.1) is 0 Å². The Morgan fingerprint density at radius 3 is 1.78 bits per heavy atom. The van der Waals surface area contributed by atoms with Crippen molar-refractivity contribution in [1.82, 2.24) is 0 Å². The molecule has 0 spiro atoms. The molecule has 0 unspecified atom stereocenters. The fourth-order valence-corrected chi connectivity index (χ4v) is 1.78. The van der Waals surface area contributed by atoms with E-state index in [1.54, 1.807) is 0 Å². The lowest BCUT2D eigenvalue weighted by molar-refractivity contribution is -0.0442. The smallest absolute Gasteiger partial charge is 0.107 e. The van der Waals surface area contributed by atoms with Crippen LogP contribution in [0.4, 0.5) is 0 Å². The minimum atomic E-state index is -0.939. The zero-order valence-electron chi connectivity index (χ0n) is 4.90. The summed E-state index contributed by atoms with van der Waals surface area (Å²) in [5.74, 6) is 1.05. The second-order valence-electron chi connectivity index (χ2n) is 2.16. The summed E-state index contributed by atoms with van der Waals surface area (Å²) < 4.78 is 0. The minimum Gasteiger partial charge on any atom is -0.389 e. The van der Waals surface area contributed by atoms with Crippen LogP contribution in [0.2, 0.25) is 0 Å². The molecule has 0 aromatic carbocycles. The highest BCUT2D eigenvalue weighted by Gasteiger charge is 2.28. The van der Waals surface area contributed by atoms with Gasteiger partial charge in [0.1, 0.15) is 6.10 Å². The molecule has 0 saturated carbocycles.